The first kappa shape index (κ1) is 14.1. The molecule has 2 N–H and O–H groups in total. The van der Waals surface area contributed by atoms with Crippen molar-refractivity contribution in [3.8, 4) is 17.2 Å². The van der Waals surface area contributed by atoms with Gasteiger partial charge in [0.05, 0.1) is 19.8 Å². The minimum Gasteiger partial charge on any atom is -0.504 e. The third-order valence-electron chi connectivity index (χ3n) is 3.53. The van der Waals surface area contributed by atoms with Gasteiger partial charge in [-0.15, -0.1) is 0 Å². The first-order valence-electron chi connectivity index (χ1n) is 6.73. The van der Waals surface area contributed by atoms with E-state index in [1.807, 2.05) is 18.2 Å². The molecule has 0 aliphatic carbocycles. The summed E-state index contributed by atoms with van der Waals surface area (Å²) >= 11 is 3.49. The molecule has 2 aromatic rings. The number of halogens is 1. The lowest BCUT2D eigenvalue weighted by molar-refractivity contribution is 0.274. The predicted molar refractivity (Wildman–Crippen MR) is 85.3 cm³/mol. The van der Waals surface area contributed by atoms with Gasteiger partial charge in [0, 0.05) is 28.2 Å². The van der Waals surface area contributed by atoms with Crippen LogP contribution < -0.4 is 14.8 Å². The van der Waals surface area contributed by atoms with E-state index in [9.17, 15) is 5.11 Å². The fraction of sp³-hybridized carbons (Fsp3) is 0.250. The van der Waals surface area contributed by atoms with Gasteiger partial charge >= 0.3 is 0 Å². The van der Waals surface area contributed by atoms with Crippen LogP contribution in [0.15, 0.2) is 40.9 Å². The largest absolute Gasteiger partial charge is 0.504 e. The van der Waals surface area contributed by atoms with Crippen molar-refractivity contribution in [1.29, 1.82) is 0 Å². The summed E-state index contributed by atoms with van der Waals surface area (Å²) in [6.45, 7) is 0.675. The highest BCUT2D eigenvalue weighted by Gasteiger charge is 2.21. The summed E-state index contributed by atoms with van der Waals surface area (Å²) in [6, 6.07) is 11.5. The monoisotopic (exact) mass is 349 g/mol. The van der Waals surface area contributed by atoms with Crippen LogP contribution in [0.2, 0.25) is 0 Å². The Morgan fingerprint density at radius 2 is 2.14 bits per heavy atom. The van der Waals surface area contributed by atoms with Gasteiger partial charge < -0.3 is 19.9 Å². The molecule has 1 unspecified atom stereocenters. The van der Waals surface area contributed by atoms with Crippen LogP contribution in [0.5, 0.6) is 17.2 Å². The minimum atomic E-state index is 0.129. The summed E-state index contributed by atoms with van der Waals surface area (Å²) in [4.78, 5) is 0. The number of rotatable bonds is 3. The Morgan fingerprint density at radius 3 is 2.90 bits per heavy atom. The Bertz CT molecular complexity index is 660. The number of ether oxygens (including phenoxy) is 2. The number of nitrogens with one attached hydrogen (secondary N) is 1. The highest BCUT2D eigenvalue weighted by Crippen LogP contribution is 2.37. The van der Waals surface area contributed by atoms with Gasteiger partial charge in [-0.2, -0.15) is 0 Å². The fourth-order valence-electron chi connectivity index (χ4n) is 2.50. The van der Waals surface area contributed by atoms with Crippen LogP contribution in [-0.2, 0) is 0 Å². The van der Waals surface area contributed by atoms with Gasteiger partial charge in [0.2, 0.25) is 0 Å². The molecule has 0 amide bonds. The number of benzene rings is 2. The average Bonchev–Trinajstić information content (AvgIpc) is 2.48. The Kier molecular flexibility index (Phi) is 3.92. The molecule has 0 saturated heterocycles. The maximum absolute atomic E-state index is 9.86. The predicted octanol–water partition coefficient (Wildman–Crippen LogP) is 4.10. The molecule has 4 nitrogen and oxygen atoms in total. The summed E-state index contributed by atoms with van der Waals surface area (Å²) in [5.74, 6) is 1.50. The van der Waals surface area contributed by atoms with Crippen molar-refractivity contribution in [1.82, 2.24) is 0 Å². The Hall–Kier alpha value is -1.88. The zero-order chi connectivity index (χ0) is 14.8. The summed E-state index contributed by atoms with van der Waals surface area (Å²) in [7, 11) is 1.54. The third-order valence-corrected chi connectivity index (χ3v) is 4.02. The van der Waals surface area contributed by atoms with Gasteiger partial charge in [-0.1, -0.05) is 15.9 Å². The van der Waals surface area contributed by atoms with E-state index in [0.717, 1.165) is 27.9 Å². The Balaban J connectivity index is 1.86. The molecule has 3 rings (SSSR count). The molecule has 110 valence electrons. The van der Waals surface area contributed by atoms with E-state index >= 15 is 0 Å². The maximum Gasteiger partial charge on any atom is 0.160 e. The summed E-state index contributed by atoms with van der Waals surface area (Å²) in [5.41, 5.74) is 1.97. The average molecular weight is 350 g/mol. The van der Waals surface area contributed by atoms with Crippen molar-refractivity contribution in [2.24, 2.45) is 0 Å². The molecule has 0 fully saturated rings. The zero-order valence-electron chi connectivity index (χ0n) is 11.6. The minimum absolute atomic E-state index is 0.129. The standard InChI is InChI=1S/C16H16BrNO3/c1-20-16-5-3-11(9-14(16)19)18-13-6-7-21-15-4-2-10(17)8-12(13)15/h2-5,8-9,13,18-19H,6-7H2,1H3. The maximum atomic E-state index is 9.86. The number of phenols is 1. The molecule has 0 aromatic heterocycles. The second-order valence-electron chi connectivity index (χ2n) is 4.90. The van der Waals surface area contributed by atoms with E-state index in [4.69, 9.17) is 9.47 Å². The van der Waals surface area contributed by atoms with Crippen LogP contribution in [0.4, 0.5) is 5.69 Å². The number of hydrogen-bond donors (Lipinski definition) is 2. The first-order valence-corrected chi connectivity index (χ1v) is 7.52. The Morgan fingerprint density at radius 1 is 1.29 bits per heavy atom. The van der Waals surface area contributed by atoms with E-state index in [2.05, 4.69) is 27.3 Å². The van der Waals surface area contributed by atoms with Gasteiger partial charge in [-0.25, -0.2) is 0 Å². The van der Waals surface area contributed by atoms with Crippen LogP contribution >= 0.6 is 15.9 Å². The lowest BCUT2D eigenvalue weighted by atomic mass is 10.0. The SMILES string of the molecule is COc1ccc(NC2CCOc3ccc(Br)cc32)cc1O. The van der Waals surface area contributed by atoms with Crippen molar-refractivity contribution in [3.05, 3.63) is 46.4 Å². The fourth-order valence-corrected chi connectivity index (χ4v) is 2.87. The van der Waals surface area contributed by atoms with Crippen LogP contribution in [0.1, 0.15) is 18.0 Å². The lowest BCUT2D eigenvalue weighted by Crippen LogP contribution is -2.20. The lowest BCUT2D eigenvalue weighted by Gasteiger charge is -2.27. The second-order valence-corrected chi connectivity index (χ2v) is 5.82. The van der Waals surface area contributed by atoms with E-state index in [-0.39, 0.29) is 11.8 Å². The molecule has 0 saturated carbocycles. The molecule has 2 aromatic carbocycles. The van der Waals surface area contributed by atoms with Crippen LogP contribution in [0.25, 0.3) is 0 Å². The topological polar surface area (TPSA) is 50.7 Å². The summed E-state index contributed by atoms with van der Waals surface area (Å²) in [6.07, 6.45) is 0.871. The van der Waals surface area contributed by atoms with Crippen molar-refractivity contribution < 1.29 is 14.6 Å². The first-order chi connectivity index (χ1) is 10.2. The van der Waals surface area contributed by atoms with Crippen LogP contribution in [0, 0.1) is 0 Å². The van der Waals surface area contributed by atoms with Gasteiger partial charge in [-0.05, 0) is 30.3 Å². The van der Waals surface area contributed by atoms with E-state index in [1.165, 1.54) is 7.11 Å². The highest BCUT2D eigenvalue weighted by molar-refractivity contribution is 9.10. The van der Waals surface area contributed by atoms with E-state index < -0.39 is 0 Å². The summed E-state index contributed by atoms with van der Waals surface area (Å²) in [5, 5.41) is 13.3. The quantitative estimate of drug-likeness (QED) is 0.875. The molecule has 1 heterocycles. The molecule has 0 spiro atoms. The molecular formula is C16H16BrNO3. The van der Waals surface area contributed by atoms with Crippen molar-refractivity contribution in [2.75, 3.05) is 19.0 Å². The van der Waals surface area contributed by atoms with Gasteiger partial charge in [0.15, 0.2) is 11.5 Å². The number of methoxy groups -OCH3 is 1. The molecule has 0 bridgehead atoms. The highest BCUT2D eigenvalue weighted by atomic mass is 79.9. The molecular weight excluding hydrogens is 334 g/mol. The molecule has 1 aliphatic rings. The van der Waals surface area contributed by atoms with Gasteiger partial charge in [0.1, 0.15) is 5.75 Å². The van der Waals surface area contributed by atoms with Gasteiger partial charge in [-0.3, -0.25) is 0 Å². The molecule has 1 aliphatic heterocycles. The van der Waals surface area contributed by atoms with Crippen molar-refractivity contribution in [3.63, 3.8) is 0 Å². The number of fused-ring (bicyclic) bond motifs is 1. The third kappa shape index (κ3) is 2.93. The van der Waals surface area contributed by atoms with Crippen LogP contribution in [0.3, 0.4) is 0 Å². The molecule has 0 radical (unpaired) electrons. The number of aromatic hydroxyl groups is 1. The Labute approximate surface area is 131 Å². The zero-order valence-corrected chi connectivity index (χ0v) is 13.2. The molecule has 1 atom stereocenters. The van der Waals surface area contributed by atoms with Gasteiger partial charge in [0.25, 0.3) is 0 Å². The normalized spacial score (nSPS) is 16.8. The van der Waals surface area contributed by atoms with Crippen LogP contribution in [-0.4, -0.2) is 18.8 Å². The molecule has 5 heteroatoms. The van der Waals surface area contributed by atoms with Crippen molar-refractivity contribution >= 4 is 21.6 Å². The number of anilines is 1. The number of hydrogen-bond acceptors (Lipinski definition) is 4. The second kappa shape index (κ2) is 5.85. The van der Waals surface area contributed by atoms with Crippen molar-refractivity contribution in [2.45, 2.75) is 12.5 Å². The molecule has 21 heavy (non-hydrogen) atoms. The summed E-state index contributed by atoms with van der Waals surface area (Å²) < 4.78 is 11.8. The van der Waals surface area contributed by atoms with E-state index in [1.54, 1.807) is 12.1 Å². The smallest absolute Gasteiger partial charge is 0.160 e. The number of phenolic OH excluding ortho intramolecular Hbond substituents is 1. The van der Waals surface area contributed by atoms with E-state index in [0.29, 0.717) is 12.4 Å².